The van der Waals surface area contributed by atoms with Gasteiger partial charge >= 0.3 is 6.09 Å². The van der Waals surface area contributed by atoms with Crippen LogP contribution in [0.4, 0.5) is 4.79 Å². The highest BCUT2D eigenvalue weighted by atomic mass is 16.6. The Bertz CT molecular complexity index is 426. The van der Waals surface area contributed by atoms with Crippen LogP contribution in [0.5, 0.6) is 0 Å². The SMILES string of the molecule is CCN(CCNC(=NC)NCC1(C)CCCO1)C(=O)OC(C)(C)C. The normalized spacial score (nSPS) is 21.5. The fourth-order valence-corrected chi connectivity index (χ4v) is 2.48. The molecule has 0 saturated carbocycles. The zero-order chi connectivity index (χ0) is 18.2. The molecule has 0 aromatic heterocycles. The molecule has 0 spiro atoms. The number of ether oxygens (including phenoxy) is 2. The van der Waals surface area contributed by atoms with Crippen LogP contribution < -0.4 is 10.6 Å². The van der Waals surface area contributed by atoms with Crippen LogP contribution in [0.15, 0.2) is 4.99 Å². The summed E-state index contributed by atoms with van der Waals surface area (Å²) >= 11 is 0. The monoisotopic (exact) mass is 342 g/mol. The van der Waals surface area contributed by atoms with Crippen molar-refractivity contribution in [2.24, 2.45) is 4.99 Å². The highest BCUT2D eigenvalue weighted by molar-refractivity contribution is 5.79. The molecular formula is C17H34N4O3. The molecule has 0 aliphatic carbocycles. The van der Waals surface area contributed by atoms with Crippen LogP contribution in [0.3, 0.4) is 0 Å². The Labute approximate surface area is 146 Å². The third kappa shape index (κ3) is 7.38. The maximum absolute atomic E-state index is 12.1. The van der Waals surface area contributed by atoms with E-state index >= 15 is 0 Å². The molecular weight excluding hydrogens is 308 g/mol. The number of amides is 1. The zero-order valence-electron chi connectivity index (χ0n) is 16.1. The number of nitrogens with zero attached hydrogens (tertiary/aromatic N) is 2. The van der Waals surface area contributed by atoms with Gasteiger partial charge in [0.2, 0.25) is 0 Å². The molecule has 1 saturated heterocycles. The van der Waals surface area contributed by atoms with Crippen LogP contribution in [0.1, 0.15) is 47.5 Å². The number of aliphatic imine (C=N–C) groups is 1. The molecule has 1 amide bonds. The van der Waals surface area contributed by atoms with Crippen LogP contribution in [0, 0.1) is 0 Å². The van der Waals surface area contributed by atoms with Gasteiger partial charge in [-0.15, -0.1) is 0 Å². The Balaban J connectivity index is 2.35. The fraction of sp³-hybridized carbons (Fsp3) is 0.882. The summed E-state index contributed by atoms with van der Waals surface area (Å²) in [7, 11) is 1.73. The lowest BCUT2D eigenvalue weighted by molar-refractivity contribution is 0.0242. The predicted molar refractivity (Wildman–Crippen MR) is 96.4 cm³/mol. The minimum absolute atomic E-state index is 0.121. The molecule has 2 N–H and O–H groups in total. The lowest BCUT2D eigenvalue weighted by atomic mass is 10.0. The molecule has 1 rings (SSSR count). The number of hydrogen-bond donors (Lipinski definition) is 2. The number of nitrogens with one attached hydrogen (secondary N) is 2. The molecule has 1 aliphatic rings. The van der Waals surface area contributed by atoms with Crippen molar-refractivity contribution in [1.82, 2.24) is 15.5 Å². The van der Waals surface area contributed by atoms with Crippen molar-refractivity contribution in [2.75, 3.05) is 39.8 Å². The van der Waals surface area contributed by atoms with E-state index in [1.165, 1.54) is 0 Å². The molecule has 1 atom stereocenters. The van der Waals surface area contributed by atoms with Gasteiger partial charge in [-0.3, -0.25) is 4.99 Å². The fourth-order valence-electron chi connectivity index (χ4n) is 2.48. The Kier molecular flexibility index (Phi) is 7.79. The molecule has 0 aromatic carbocycles. The maximum atomic E-state index is 12.1. The number of rotatable bonds is 6. The highest BCUT2D eigenvalue weighted by Gasteiger charge is 2.29. The lowest BCUT2D eigenvalue weighted by Crippen LogP contribution is -2.48. The lowest BCUT2D eigenvalue weighted by Gasteiger charge is -2.27. The van der Waals surface area contributed by atoms with Crippen molar-refractivity contribution in [3.63, 3.8) is 0 Å². The van der Waals surface area contributed by atoms with E-state index in [-0.39, 0.29) is 11.7 Å². The van der Waals surface area contributed by atoms with Gasteiger partial charge in [-0.25, -0.2) is 4.79 Å². The van der Waals surface area contributed by atoms with E-state index in [4.69, 9.17) is 9.47 Å². The summed E-state index contributed by atoms with van der Waals surface area (Å²) in [4.78, 5) is 18.0. The molecule has 0 radical (unpaired) electrons. The van der Waals surface area contributed by atoms with Gasteiger partial charge < -0.3 is 25.0 Å². The van der Waals surface area contributed by atoms with E-state index in [0.717, 1.165) is 26.0 Å². The van der Waals surface area contributed by atoms with Crippen molar-refractivity contribution in [2.45, 2.75) is 58.7 Å². The van der Waals surface area contributed by atoms with Gasteiger partial charge in [0.25, 0.3) is 0 Å². The van der Waals surface area contributed by atoms with Gasteiger partial charge in [0.05, 0.1) is 5.60 Å². The summed E-state index contributed by atoms with van der Waals surface area (Å²) in [5.74, 6) is 0.715. The summed E-state index contributed by atoms with van der Waals surface area (Å²) in [5.41, 5.74) is -0.601. The molecule has 0 aromatic rings. The van der Waals surface area contributed by atoms with E-state index in [0.29, 0.717) is 25.6 Å². The maximum Gasteiger partial charge on any atom is 0.410 e. The summed E-state index contributed by atoms with van der Waals surface area (Å²) in [6.07, 6.45) is 1.87. The Morgan fingerprint density at radius 2 is 2.08 bits per heavy atom. The molecule has 7 nitrogen and oxygen atoms in total. The minimum atomic E-state index is -0.480. The zero-order valence-corrected chi connectivity index (χ0v) is 16.1. The topological polar surface area (TPSA) is 75.2 Å². The first kappa shape index (κ1) is 20.5. The summed E-state index contributed by atoms with van der Waals surface area (Å²) in [6.45, 7) is 13.0. The Hall–Kier alpha value is -1.50. The van der Waals surface area contributed by atoms with Crippen molar-refractivity contribution >= 4 is 12.1 Å². The highest BCUT2D eigenvalue weighted by Crippen LogP contribution is 2.23. The molecule has 24 heavy (non-hydrogen) atoms. The van der Waals surface area contributed by atoms with Crippen molar-refractivity contribution in [3.05, 3.63) is 0 Å². The Morgan fingerprint density at radius 3 is 2.58 bits per heavy atom. The third-order valence-corrected chi connectivity index (χ3v) is 3.86. The average Bonchev–Trinajstić information content (AvgIpc) is 2.92. The molecule has 1 heterocycles. The van der Waals surface area contributed by atoms with Crippen molar-refractivity contribution in [1.29, 1.82) is 0 Å². The summed E-state index contributed by atoms with van der Waals surface area (Å²) in [5, 5.41) is 6.52. The number of carbonyl (C=O) groups is 1. The number of carbonyl (C=O) groups excluding carboxylic acids is 1. The van der Waals surface area contributed by atoms with Crippen LogP contribution in [0.25, 0.3) is 0 Å². The number of likely N-dealkylation sites (N-methyl/N-ethyl adjacent to an activating group) is 1. The number of hydrogen-bond acceptors (Lipinski definition) is 4. The predicted octanol–water partition coefficient (Wildman–Crippen LogP) is 1.98. The van der Waals surface area contributed by atoms with Gasteiger partial charge in [0, 0.05) is 39.8 Å². The molecule has 1 aliphatic heterocycles. The second-order valence-corrected chi connectivity index (χ2v) is 7.31. The summed E-state index contributed by atoms with van der Waals surface area (Å²) < 4.78 is 11.2. The largest absolute Gasteiger partial charge is 0.444 e. The first-order valence-corrected chi connectivity index (χ1v) is 8.75. The molecule has 7 heteroatoms. The van der Waals surface area contributed by atoms with E-state index in [1.807, 2.05) is 27.7 Å². The van der Waals surface area contributed by atoms with Gasteiger partial charge in [-0.2, -0.15) is 0 Å². The standard InChI is InChI=1S/C17H34N4O3/c1-7-21(15(22)24-16(2,3)4)11-10-19-14(18-6)20-13-17(5)9-8-12-23-17/h7-13H2,1-6H3,(H2,18,19,20). The van der Waals surface area contributed by atoms with Gasteiger partial charge in [-0.05, 0) is 47.5 Å². The first-order valence-electron chi connectivity index (χ1n) is 8.75. The third-order valence-electron chi connectivity index (χ3n) is 3.86. The van der Waals surface area contributed by atoms with E-state index < -0.39 is 5.60 Å². The van der Waals surface area contributed by atoms with Gasteiger partial charge in [0.1, 0.15) is 5.60 Å². The van der Waals surface area contributed by atoms with E-state index in [2.05, 4.69) is 22.5 Å². The Morgan fingerprint density at radius 1 is 1.38 bits per heavy atom. The first-order chi connectivity index (χ1) is 11.2. The van der Waals surface area contributed by atoms with Crippen LogP contribution in [0.2, 0.25) is 0 Å². The van der Waals surface area contributed by atoms with Gasteiger partial charge in [0.15, 0.2) is 5.96 Å². The minimum Gasteiger partial charge on any atom is -0.444 e. The molecule has 1 fully saturated rings. The second kappa shape index (κ2) is 9.11. The quantitative estimate of drug-likeness (QED) is 0.570. The van der Waals surface area contributed by atoms with Crippen LogP contribution in [-0.2, 0) is 9.47 Å². The van der Waals surface area contributed by atoms with E-state index in [9.17, 15) is 4.79 Å². The van der Waals surface area contributed by atoms with E-state index in [1.54, 1.807) is 11.9 Å². The average molecular weight is 342 g/mol. The second-order valence-electron chi connectivity index (χ2n) is 7.31. The van der Waals surface area contributed by atoms with Crippen LogP contribution >= 0.6 is 0 Å². The smallest absolute Gasteiger partial charge is 0.410 e. The van der Waals surface area contributed by atoms with Crippen LogP contribution in [-0.4, -0.2) is 68.0 Å². The van der Waals surface area contributed by atoms with Gasteiger partial charge in [-0.1, -0.05) is 0 Å². The molecule has 140 valence electrons. The number of guanidine groups is 1. The molecule has 1 unspecified atom stereocenters. The molecule has 0 bridgehead atoms. The summed E-state index contributed by atoms with van der Waals surface area (Å²) in [6, 6.07) is 0. The van der Waals surface area contributed by atoms with Crippen molar-refractivity contribution < 1.29 is 14.3 Å². The van der Waals surface area contributed by atoms with Crippen molar-refractivity contribution in [3.8, 4) is 0 Å².